The monoisotopic (exact) mass is 224 g/mol. The molecule has 0 saturated heterocycles. The van der Waals surface area contributed by atoms with Crippen LogP contribution in [0.2, 0.25) is 5.02 Å². The molecule has 0 radical (unpaired) electrons. The molecule has 0 unspecified atom stereocenters. The van der Waals surface area contributed by atoms with E-state index in [0.29, 0.717) is 16.1 Å². The number of aliphatic carboxylic acids is 1. The Hall–Kier alpha value is -1.55. The van der Waals surface area contributed by atoms with E-state index < -0.39 is 5.97 Å². The Kier molecular flexibility index (Phi) is 2.36. The molecule has 0 fully saturated rings. The van der Waals surface area contributed by atoms with E-state index in [4.69, 9.17) is 16.7 Å². The second-order valence-electron chi connectivity index (χ2n) is 3.33. The molecule has 1 N–H and O–H groups in total. The first-order valence-electron chi connectivity index (χ1n) is 4.41. The fourth-order valence-corrected chi connectivity index (χ4v) is 1.76. The van der Waals surface area contributed by atoms with E-state index in [1.165, 1.54) is 10.9 Å². The lowest BCUT2D eigenvalue weighted by Crippen LogP contribution is -2.07. The normalized spacial score (nSPS) is 10.8. The van der Waals surface area contributed by atoms with Gasteiger partial charge in [-0.05, 0) is 18.6 Å². The van der Waals surface area contributed by atoms with Crippen molar-refractivity contribution in [2.75, 3.05) is 0 Å². The highest BCUT2D eigenvalue weighted by Crippen LogP contribution is 2.26. The van der Waals surface area contributed by atoms with Gasteiger partial charge in [0.15, 0.2) is 0 Å². The lowest BCUT2D eigenvalue weighted by molar-refractivity contribution is -0.137. The van der Waals surface area contributed by atoms with Gasteiger partial charge in [-0.25, -0.2) is 4.98 Å². The summed E-state index contributed by atoms with van der Waals surface area (Å²) in [4.78, 5) is 14.7. The largest absolute Gasteiger partial charge is 0.480 e. The Balaban J connectivity index is 2.66. The third kappa shape index (κ3) is 1.68. The Labute approximate surface area is 91.1 Å². The van der Waals surface area contributed by atoms with Crippen molar-refractivity contribution in [1.29, 1.82) is 0 Å². The van der Waals surface area contributed by atoms with Crippen molar-refractivity contribution in [3.05, 3.63) is 29.0 Å². The number of hydrogen-bond donors (Lipinski definition) is 1. The van der Waals surface area contributed by atoms with Crippen molar-refractivity contribution < 1.29 is 9.90 Å². The minimum absolute atomic E-state index is 0.125. The molecular formula is C10H9ClN2O2. The number of rotatable bonds is 2. The minimum Gasteiger partial charge on any atom is -0.480 e. The average molecular weight is 225 g/mol. The van der Waals surface area contributed by atoms with Gasteiger partial charge in [0, 0.05) is 0 Å². The summed E-state index contributed by atoms with van der Waals surface area (Å²) in [7, 11) is 0. The number of carbonyl (C=O) groups is 1. The molecule has 4 nitrogen and oxygen atoms in total. The fraction of sp³-hybridized carbons (Fsp3) is 0.200. The highest BCUT2D eigenvalue weighted by atomic mass is 35.5. The molecule has 1 heterocycles. The number of aromatic nitrogens is 2. The van der Waals surface area contributed by atoms with Crippen LogP contribution in [0, 0.1) is 6.92 Å². The zero-order valence-electron chi connectivity index (χ0n) is 8.07. The van der Waals surface area contributed by atoms with Gasteiger partial charge in [-0.3, -0.25) is 4.79 Å². The highest BCUT2D eigenvalue weighted by Gasteiger charge is 2.10. The van der Waals surface area contributed by atoms with Crippen LogP contribution in [-0.2, 0) is 11.3 Å². The van der Waals surface area contributed by atoms with Crippen molar-refractivity contribution in [3.8, 4) is 0 Å². The van der Waals surface area contributed by atoms with Crippen LogP contribution in [-0.4, -0.2) is 20.6 Å². The van der Waals surface area contributed by atoms with Gasteiger partial charge < -0.3 is 9.67 Å². The Morgan fingerprint density at radius 2 is 2.33 bits per heavy atom. The smallest absolute Gasteiger partial charge is 0.323 e. The fourth-order valence-electron chi connectivity index (χ4n) is 1.49. The first-order chi connectivity index (χ1) is 7.09. The first kappa shape index (κ1) is 9.98. The van der Waals surface area contributed by atoms with Gasteiger partial charge in [0.2, 0.25) is 0 Å². The molecule has 0 bridgehead atoms. The van der Waals surface area contributed by atoms with Crippen LogP contribution in [0.15, 0.2) is 18.5 Å². The number of halogens is 1. The summed E-state index contributed by atoms with van der Waals surface area (Å²) in [5.74, 6) is -0.910. The molecule has 2 rings (SSSR count). The quantitative estimate of drug-likeness (QED) is 0.850. The maximum atomic E-state index is 10.6. The molecule has 0 spiro atoms. The lowest BCUT2D eigenvalue weighted by Gasteiger charge is -2.03. The van der Waals surface area contributed by atoms with Crippen LogP contribution in [0.5, 0.6) is 0 Å². The van der Waals surface area contributed by atoms with Crippen LogP contribution < -0.4 is 0 Å². The summed E-state index contributed by atoms with van der Waals surface area (Å²) in [5.41, 5.74) is 2.31. The second kappa shape index (κ2) is 3.55. The molecule has 0 amide bonds. The predicted molar refractivity (Wildman–Crippen MR) is 57.1 cm³/mol. The Bertz CT molecular complexity index is 533. The van der Waals surface area contributed by atoms with Crippen molar-refractivity contribution in [1.82, 2.24) is 9.55 Å². The summed E-state index contributed by atoms with van der Waals surface area (Å²) in [6, 6.07) is 3.69. The molecule has 0 saturated carbocycles. The third-order valence-corrected chi connectivity index (χ3v) is 2.69. The summed E-state index contributed by atoms with van der Waals surface area (Å²) < 4.78 is 1.53. The number of carboxylic acid groups (broad SMARTS) is 1. The SMILES string of the molecule is Cc1ccc2ncn(CC(=O)O)c2c1Cl. The zero-order chi connectivity index (χ0) is 11.0. The van der Waals surface area contributed by atoms with E-state index in [1.54, 1.807) is 0 Å². The van der Waals surface area contributed by atoms with E-state index in [0.717, 1.165) is 5.56 Å². The van der Waals surface area contributed by atoms with Crippen LogP contribution in [0.4, 0.5) is 0 Å². The van der Waals surface area contributed by atoms with Crippen molar-refractivity contribution in [2.45, 2.75) is 13.5 Å². The molecule has 78 valence electrons. The number of hydrogen-bond acceptors (Lipinski definition) is 2. The van der Waals surface area contributed by atoms with Crippen molar-refractivity contribution >= 4 is 28.6 Å². The number of nitrogens with zero attached hydrogens (tertiary/aromatic N) is 2. The minimum atomic E-state index is -0.910. The molecule has 0 aliphatic heterocycles. The Morgan fingerprint density at radius 1 is 1.60 bits per heavy atom. The van der Waals surface area contributed by atoms with Gasteiger partial charge >= 0.3 is 5.97 Å². The Morgan fingerprint density at radius 3 is 3.00 bits per heavy atom. The number of aryl methyl sites for hydroxylation is 1. The van der Waals surface area contributed by atoms with E-state index >= 15 is 0 Å². The summed E-state index contributed by atoms with van der Waals surface area (Å²) >= 11 is 6.10. The van der Waals surface area contributed by atoms with Crippen LogP contribution >= 0.6 is 11.6 Å². The molecular weight excluding hydrogens is 216 g/mol. The third-order valence-electron chi connectivity index (χ3n) is 2.22. The average Bonchev–Trinajstić information content (AvgIpc) is 2.55. The predicted octanol–water partition coefficient (Wildman–Crippen LogP) is 2.08. The van der Waals surface area contributed by atoms with Gasteiger partial charge in [0.05, 0.1) is 22.4 Å². The highest BCUT2D eigenvalue weighted by molar-refractivity contribution is 6.35. The molecule has 1 aromatic carbocycles. The van der Waals surface area contributed by atoms with Gasteiger partial charge in [-0.15, -0.1) is 0 Å². The number of imidazole rings is 1. The van der Waals surface area contributed by atoms with Gasteiger partial charge in [-0.2, -0.15) is 0 Å². The first-order valence-corrected chi connectivity index (χ1v) is 4.79. The standard InChI is InChI=1S/C10H9ClN2O2/c1-6-2-3-7-10(9(6)11)13(5-12-7)4-8(14)15/h2-3,5H,4H2,1H3,(H,14,15). The summed E-state index contributed by atoms with van der Waals surface area (Å²) in [6.07, 6.45) is 1.49. The van der Waals surface area contributed by atoms with Crippen LogP contribution in [0.3, 0.4) is 0 Å². The van der Waals surface area contributed by atoms with Gasteiger partial charge in [-0.1, -0.05) is 17.7 Å². The summed E-state index contributed by atoms with van der Waals surface area (Å²) in [6.45, 7) is 1.75. The number of benzene rings is 1. The molecule has 0 atom stereocenters. The topological polar surface area (TPSA) is 55.1 Å². The second-order valence-corrected chi connectivity index (χ2v) is 3.71. The van der Waals surface area contributed by atoms with Crippen molar-refractivity contribution in [3.63, 3.8) is 0 Å². The molecule has 0 aliphatic rings. The van der Waals surface area contributed by atoms with Gasteiger partial charge in [0.25, 0.3) is 0 Å². The maximum absolute atomic E-state index is 10.6. The van der Waals surface area contributed by atoms with Crippen molar-refractivity contribution in [2.24, 2.45) is 0 Å². The lowest BCUT2D eigenvalue weighted by atomic mass is 10.2. The number of carboxylic acids is 1. The van der Waals surface area contributed by atoms with E-state index in [9.17, 15) is 4.79 Å². The summed E-state index contributed by atoms with van der Waals surface area (Å²) in [5, 5.41) is 9.27. The number of fused-ring (bicyclic) bond motifs is 1. The van der Waals surface area contributed by atoms with E-state index in [-0.39, 0.29) is 6.54 Å². The zero-order valence-corrected chi connectivity index (χ0v) is 8.82. The molecule has 0 aliphatic carbocycles. The van der Waals surface area contributed by atoms with Crippen LogP contribution in [0.1, 0.15) is 5.56 Å². The molecule has 2 aromatic rings. The van der Waals surface area contributed by atoms with Gasteiger partial charge in [0.1, 0.15) is 6.54 Å². The van der Waals surface area contributed by atoms with E-state index in [2.05, 4.69) is 4.98 Å². The molecule has 5 heteroatoms. The maximum Gasteiger partial charge on any atom is 0.323 e. The van der Waals surface area contributed by atoms with E-state index in [1.807, 2.05) is 19.1 Å². The molecule has 15 heavy (non-hydrogen) atoms. The van der Waals surface area contributed by atoms with Crippen LogP contribution in [0.25, 0.3) is 11.0 Å². The molecule has 1 aromatic heterocycles.